The van der Waals surface area contributed by atoms with E-state index in [-0.39, 0.29) is 17.9 Å². The van der Waals surface area contributed by atoms with E-state index in [9.17, 15) is 9.59 Å². The third-order valence-electron chi connectivity index (χ3n) is 5.15. The Hall–Kier alpha value is -1.88. The normalized spacial score (nSPS) is 20.3. The Labute approximate surface area is 149 Å². The first-order valence-electron chi connectivity index (χ1n) is 9.37. The fourth-order valence-corrected chi connectivity index (χ4v) is 3.64. The van der Waals surface area contributed by atoms with Crippen molar-refractivity contribution in [3.05, 3.63) is 29.3 Å². The molecule has 1 aliphatic heterocycles. The van der Waals surface area contributed by atoms with Crippen LogP contribution in [0.25, 0.3) is 0 Å². The highest BCUT2D eigenvalue weighted by Crippen LogP contribution is 2.34. The van der Waals surface area contributed by atoms with Crippen LogP contribution in [0.15, 0.2) is 18.2 Å². The maximum atomic E-state index is 11.8. The summed E-state index contributed by atoms with van der Waals surface area (Å²) in [6.45, 7) is 3.08. The SMILES string of the molecule is CC(=O)C(NCC1CCc2cccc(CCCNC=O)c2O1)C1CC1. The first kappa shape index (κ1) is 17.9. The van der Waals surface area contributed by atoms with Crippen molar-refractivity contribution in [2.24, 2.45) is 5.92 Å². The van der Waals surface area contributed by atoms with E-state index in [1.54, 1.807) is 6.92 Å². The number of carbonyl (C=O) groups excluding carboxylic acids is 2. The lowest BCUT2D eigenvalue weighted by molar-refractivity contribution is -0.119. The number of aryl methyl sites for hydroxylation is 2. The molecule has 25 heavy (non-hydrogen) atoms. The van der Waals surface area contributed by atoms with Crippen molar-refractivity contribution in [1.29, 1.82) is 0 Å². The molecule has 1 fully saturated rings. The van der Waals surface area contributed by atoms with Crippen molar-refractivity contribution < 1.29 is 14.3 Å². The number of rotatable bonds is 10. The first-order valence-corrected chi connectivity index (χ1v) is 9.37. The van der Waals surface area contributed by atoms with E-state index in [4.69, 9.17) is 4.74 Å². The summed E-state index contributed by atoms with van der Waals surface area (Å²) in [7, 11) is 0. The molecule has 2 atom stereocenters. The molecule has 2 aliphatic rings. The molecule has 0 spiro atoms. The highest BCUT2D eigenvalue weighted by atomic mass is 16.5. The standard InChI is InChI=1S/C20H28N2O3/c1-14(24)19(15-7-8-15)22-12-18-10-9-17-5-2-4-16(20(17)25-18)6-3-11-21-13-23/h2,4-5,13,15,18-19,22H,3,6-12H2,1H3,(H,21,23). The Morgan fingerprint density at radius 3 is 2.92 bits per heavy atom. The van der Waals surface area contributed by atoms with Gasteiger partial charge in [-0.2, -0.15) is 0 Å². The van der Waals surface area contributed by atoms with Crippen molar-refractivity contribution in [3.63, 3.8) is 0 Å². The number of fused-ring (bicyclic) bond motifs is 1. The zero-order valence-corrected chi connectivity index (χ0v) is 14.9. The van der Waals surface area contributed by atoms with E-state index in [1.807, 2.05) is 0 Å². The van der Waals surface area contributed by atoms with Crippen LogP contribution in [0.5, 0.6) is 5.75 Å². The van der Waals surface area contributed by atoms with Gasteiger partial charge < -0.3 is 15.4 Å². The maximum absolute atomic E-state index is 11.8. The molecule has 0 radical (unpaired) electrons. The van der Waals surface area contributed by atoms with Gasteiger partial charge in [-0.1, -0.05) is 18.2 Å². The fraction of sp³-hybridized carbons (Fsp3) is 0.600. The lowest BCUT2D eigenvalue weighted by atomic mass is 9.97. The van der Waals surface area contributed by atoms with Gasteiger partial charge >= 0.3 is 0 Å². The van der Waals surface area contributed by atoms with Gasteiger partial charge in [-0.3, -0.25) is 9.59 Å². The van der Waals surface area contributed by atoms with Gasteiger partial charge in [0.2, 0.25) is 6.41 Å². The van der Waals surface area contributed by atoms with Gasteiger partial charge in [0, 0.05) is 13.1 Å². The smallest absolute Gasteiger partial charge is 0.207 e. The quantitative estimate of drug-likeness (QED) is 0.503. The average Bonchev–Trinajstić information content (AvgIpc) is 3.44. The zero-order chi connectivity index (χ0) is 17.6. The summed E-state index contributed by atoms with van der Waals surface area (Å²) in [4.78, 5) is 22.1. The molecule has 0 aromatic heterocycles. The Morgan fingerprint density at radius 1 is 1.36 bits per heavy atom. The van der Waals surface area contributed by atoms with Crippen LogP contribution in [-0.2, 0) is 22.4 Å². The second kappa shape index (κ2) is 8.48. The number of carbonyl (C=O) groups is 2. The minimum absolute atomic E-state index is 0.00495. The Morgan fingerprint density at radius 2 is 2.20 bits per heavy atom. The van der Waals surface area contributed by atoms with Crippen molar-refractivity contribution in [1.82, 2.24) is 10.6 Å². The van der Waals surface area contributed by atoms with Crippen molar-refractivity contribution >= 4 is 12.2 Å². The molecule has 0 bridgehead atoms. The zero-order valence-electron chi connectivity index (χ0n) is 14.9. The van der Waals surface area contributed by atoms with Gasteiger partial charge in [0.15, 0.2) is 0 Å². The van der Waals surface area contributed by atoms with Crippen LogP contribution in [0, 0.1) is 5.92 Å². The summed E-state index contributed by atoms with van der Waals surface area (Å²) >= 11 is 0. The van der Waals surface area contributed by atoms with Crippen LogP contribution in [-0.4, -0.2) is 37.4 Å². The van der Waals surface area contributed by atoms with Gasteiger partial charge in [-0.15, -0.1) is 0 Å². The molecule has 1 aromatic rings. The van der Waals surface area contributed by atoms with Gasteiger partial charge in [0.05, 0.1) is 6.04 Å². The highest BCUT2D eigenvalue weighted by Gasteiger charge is 2.34. The summed E-state index contributed by atoms with van der Waals surface area (Å²) in [6.07, 6.45) is 6.95. The predicted octanol–water partition coefficient (Wildman–Crippen LogP) is 2.02. The van der Waals surface area contributed by atoms with Crippen LogP contribution >= 0.6 is 0 Å². The summed E-state index contributed by atoms with van der Waals surface area (Å²) in [5, 5.41) is 6.14. The number of ketones is 1. The fourth-order valence-electron chi connectivity index (χ4n) is 3.64. The number of para-hydroxylation sites is 1. The van der Waals surface area contributed by atoms with Crippen LogP contribution in [0.1, 0.15) is 43.7 Å². The molecule has 1 amide bonds. The van der Waals surface area contributed by atoms with E-state index in [1.165, 1.54) is 11.1 Å². The molecule has 3 rings (SSSR count). The van der Waals surface area contributed by atoms with Gasteiger partial charge in [-0.05, 0) is 62.5 Å². The number of hydrogen-bond acceptors (Lipinski definition) is 4. The van der Waals surface area contributed by atoms with Gasteiger partial charge in [-0.25, -0.2) is 0 Å². The summed E-state index contributed by atoms with van der Waals surface area (Å²) < 4.78 is 6.29. The molecule has 5 nitrogen and oxygen atoms in total. The molecule has 1 aliphatic carbocycles. The molecule has 1 heterocycles. The summed E-state index contributed by atoms with van der Waals surface area (Å²) in [5.74, 6) is 1.77. The molecule has 0 saturated heterocycles. The number of Topliss-reactive ketones (excluding diaryl/α,β-unsaturated/α-hetero) is 1. The van der Waals surface area contributed by atoms with Crippen molar-refractivity contribution in [2.45, 2.75) is 57.6 Å². The Kier molecular flexibility index (Phi) is 6.08. The number of nitrogens with one attached hydrogen (secondary N) is 2. The molecule has 2 unspecified atom stereocenters. The van der Waals surface area contributed by atoms with E-state index in [0.29, 0.717) is 12.5 Å². The maximum Gasteiger partial charge on any atom is 0.207 e. The number of ether oxygens (including phenoxy) is 1. The predicted molar refractivity (Wildman–Crippen MR) is 96.8 cm³/mol. The first-order chi connectivity index (χ1) is 12.2. The molecular weight excluding hydrogens is 316 g/mol. The van der Waals surface area contributed by atoms with E-state index >= 15 is 0 Å². The molecular formula is C20H28N2O3. The molecule has 1 saturated carbocycles. The van der Waals surface area contributed by atoms with E-state index < -0.39 is 0 Å². The van der Waals surface area contributed by atoms with Gasteiger partial charge in [0.1, 0.15) is 17.6 Å². The minimum atomic E-state index is -0.00495. The monoisotopic (exact) mass is 344 g/mol. The topological polar surface area (TPSA) is 67.4 Å². The summed E-state index contributed by atoms with van der Waals surface area (Å²) in [5.41, 5.74) is 2.47. The second-order valence-electron chi connectivity index (χ2n) is 7.19. The minimum Gasteiger partial charge on any atom is -0.489 e. The number of benzene rings is 1. The van der Waals surface area contributed by atoms with Gasteiger partial charge in [0.25, 0.3) is 0 Å². The second-order valence-corrected chi connectivity index (χ2v) is 7.19. The molecule has 2 N–H and O–H groups in total. The molecule has 5 heteroatoms. The van der Waals surface area contributed by atoms with Crippen LogP contribution in [0.4, 0.5) is 0 Å². The number of amides is 1. The van der Waals surface area contributed by atoms with Crippen molar-refractivity contribution in [3.8, 4) is 5.75 Å². The Balaban J connectivity index is 1.57. The highest BCUT2D eigenvalue weighted by molar-refractivity contribution is 5.82. The molecule has 1 aromatic carbocycles. The Bertz CT molecular complexity index is 613. The third kappa shape index (κ3) is 4.82. The summed E-state index contributed by atoms with van der Waals surface area (Å²) in [6, 6.07) is 6.32. The largest absolute Gasteiger partial charge is 0.489 e. The van der Waals surface area contributed by atoms with E-state index in [2.05, 4.69) is 28.8 Å². The van der Waals surface area contributed by atoms with Crippen molar-refractivity contribution in [2.75, 3.05) is 13.1 Å². The molecule has 136 valence electrons. The van der Waals surface area contributed by atoms with Crippen LogP contribution in [0.2, 0.25) is 0 Å². The third-order valence-corrected chi connectivity index (χ3v) is 5.15. The van der Waals surface area contributed by atoms with Crippen LogP contribution < -0.4 is 15.4 Å². The van der Waals surface area contributed by atoms with E-state index in [0.717, 1.165) is 57.2 Å². The van der Waals surface area contributed by atoms with Crippen LogP contribution in [0.3, 0.4) is 0 Å². The lowest BCUT2D eigenvalue weighted by Gasteiger charge is -2.29. The lowest BCUT2D eigenvalue weighted by Crippen LogP contribution is -2.44. The number of hydrogen-bond donors (Lipinski definition) is 2. The average molecular weight is 344 g/mol.